The third-order valence-corrected chi connectivity index (χ3v) is 5.75. The lowest BCUT2D eigenvalue weighted by molar-refractivity contribution is 0.102. The molecule has 0 aliphatic heterocycles. The lowest BCUT2D eigenvalue weighted by Crippen LogP contribution is -2.15. The smallest absolute Gasteiger partial charge is 0.261 e. The number of aryl methyl sites for hydroxylation is 3. The van der Waals surface area contributed by atoms with Gasteiger partial charge in [-0.3, -0.25) is 9.52 Å². The van der Waals surface area contributed by atoms with Crippen molar-refractivity contribution in [3.8, 4) is 0 Å². The van der Waals surface area contributed by atoms with Gasteiger partial charge in [0.25, 0.3) is 15.9 Å². The fourth-order valence-electron chi connectivity index (χ4n) is 2.82. The van der Waals surface area contributed by atoms with Crippen LogP contribution in [0.3, 0.4) is 0 Å². The van der Waals surface area contributed by atoms with Crippen molar-refractivity contribution in [2.45, 2.75) is 25.7 Å². The van der Waals surface area contributed by atoms with Gasteiger partial charge in [0, 0.05) is 16.9 Å². The number of carbonyl (C=O) groups is 1. The van der Waals surface area contributed by atoms with Gasteiger partial charge in [-0.05, 0) is 68.8 Å². The Bertz CT molecular complexity index is 1100. The van der Waals surface area contributed by atoms with Crippen LogP contribution >= 0.6 is 0 Å². The number of amides is 1. The number of nitrogens with one attached hydrogen (secondary N) is 2. The molecule has 1 amide bonds. The van der Waals surface area contributed by atoms with Crippen LogP contribution in [-0.4, -0.2) is 14.3 Å². The maximum absolute atomic E-state index is 12.5. The molecule has 0 spiro atoms. The molecular weight excluding hydrogens is 372 g/mol. The van der Waals surface area contributed by atoms with E-state index in [1.165, 1.54) is 12.1 Å². The summed E-state index contributed by atoms with van der Waals surface area (Å²) in [4.78, 5) is 12.6. The molecule has 6 heteroatoms. The van der Waals surface area contributed by atoms with Crippen molar-refractivity contribution in [1.82, 2.24) is 0 Å². The molecule has 0 unspecified atom stereocenters. The van der Waals surface area contributed by atoms with Crippen molar-refractivity contribution in [3.05, 3.63) is 89.0 Å². The molecule has 0 saturated heterocycles. The molecule has 0 fully saturated rings. The van der Waals surface area contributed by atoms with Gasteiger partial charge in [-0.25, -0.2) is 8.42 Å². The summed E-state index contributed by atoms with van der Waals surface area (Å²) in [5.74, 6) is -0.231. The van der Waals surface area contributed by atoms with Crippen LogP contribution in [0.5, 0.6) is 0 Å². The van der Waals surface area contributed by atoms with E-state index in [1.54, 1.807) is 30.3 Å². The van der Waals surface area contributed by atoms with E-state index in [0.29, 0.717) is 16.9 Å². The number of sulfonamides is 1. The van der Waals surface area contributed by atoms with E-state index >= 15 is 0 Å². The van der Waals surface area contributed by atoms with E-state index in [2.05, 4.69) is 10.0 Å². The van der Waals surface area contributed by atoms with Gasteiger partial charge in [-0.2, -0.15) is 0 Å². The van der Waals surface area contributed by atoms with E-state index in [0.717, 1.165) is 16.7 Å². The second kappa shape index (κ2) is 7.86. The van der Waals surface area contributed by atoms with Crippen LogP contribution in [-0.2, 0) is 10.0 Å². The molecule has 0 radical (unpaired) electrons. The Labute approximate surface area is 165 Å². The molecule has 28 heavy (non-hydrogen) atoms. The molecule has 5 nitrogen and oxygen atoms in total. The van der Waals surface area contributed by atoms with Gasteiger partial charge in [-0.1, -0.05) is 35.4 Å². The summed E-state index contributed by atoms with van der Waals surface area (Å²) in [5, 5.41) is 2.80. The minimum Gasteiger partial charge on any atom is -0.322 e. The summed E-state index contributed by atoms with van der Waals surface area (Å²) in [6.45, 7) is 5.79. The fourth-order valence-corrected chi connectivity index (χ4v) is 3.88. The summed E-state index contributed by atoms with van der Waals surface area (Å²) in [6, 6.07) is 18.8. The Balaban J connectivity index is 1.73. The average Bonchev–Trinajstić information content (AvgIpc) is 2.64. The van der Waals surface area contributed by atoms with Crippen LogP contribution in [0.1, 0.15) is 27.0 Å². The normalized spacial score (nSPS) is 11.1. The molecule has 0 bridgehead atoms. The molecule has 0 aliphatic carbocycles. The first kappa shape index (κ1) is 19.6. The maximum Gasteiger partial charge on any atom is 0.261 e. The third kappa shape index (κ3) is 4.58. The highest BCUT2D eigenvalue weighted by molar-refractivity contribution is 7.92. The molecule has 144 valence electrons. The first-order valence-electron chi connectivity index (χ1n) is 8.83. The quantitative estimate of drug-likeness (QED) is 0.661. The van der Waals surface area contributed by atoms with Crippen LogP contribution in [0.4, 0.5) is 11.4 Å². The zero-order valence-electron chi connectivity index (χ0n) is 16.0. The summed E-state index contributed by atoms with van der Waals surface area (Å²) in [6.07, 6.45) is 0. The fraction of sp³-hybridized carbons (Fsp3) is 0.136. The van der Waals surface area contributed by atoms with Crippen molar-refractivity contribution in [2.24, 2.45) is 0 Å². The van der Waals surface area contributed by atoms with Gasteiger partial charge in [0.15, 0.2) is 0 Å². The predicted molar refractivity (Wildman–Crippen MR) is 112 cm³/mol. The monoisotopic (exact) mass is 394 g/mol. The number of hydrogen-bond acceptors (Lipinski definition) is 3. The van der Waals surface area contributed by atoms with Crippen molar-refractivity contribution >= 4 is 27.3 Å². The zero-order chi connectivity index (χ0) is 20.3. The number of rotatable bonds is 5. The lowest BCUT2D eigenvalue weighted by atomic mass is 10.1. The molecular formula is C22H22N2O3S. The first-order valence-corrected chi connectivity index (χ1v) is 10.3. The molecule has 3 aromatic carbocycles. The maximum atomic E-state index is 12.5. The molecule has 0 atom stereocenters. The van der Waals surface area contributed by atoms with Crippen molar-refractivity contribution in [1.29, 1.82) is 0 Å². The zero-order valence-corrected chi connectivity index (χ0v) is 16.8. The van der Waals surface area contributed by atoms with Gasteiger partial charge in [0.1, 0.15) is 0 Å². The SMILES string of the molecule is Cc1ccc(NS(=O)(=O)c2ccc(NC(=O)c3ccc(C)cc3C)cc2)cc1. The molecule has 3 aromatic rings. The van der Waals surface area contributed by atoms with E-state index in [1.807, 2.05) is 45.0 Å². The van der Waals surface area contributed by atoms with Crippen LogP contribution in [0.2, 0.25) is 0 Å². The van der Waals surface area contributed by atoms with E-state index in [9.17, 15) is 13.2 Å². The molecule has 0 saturated carbocycles. The average molecular weight is 394 g/mol. The van der Waals surface area contributed by atoms with Crippen LogP contribution in [0, 0.1) is 20.8 Å². The Morgan fingerprint density at radius 1 is 0.750 bits per heavy atom. The Kier molecular flexibility index (Phi) is 5.51. The Morgan fingerprint density at radius 2 is 1.32 bits per heavy atom. The van der Waals surface area contributed by atoms with Crippen LogP contribution in [0.15, 0.2) is 71.6 Å². The lowest BCUT2D eigenvalue weighted by Gasteiger charge is -2.11. The van der Waals surface area contributed by atoms with Crippen LogP contribution in [0.25, 0.3) is 0 Å². The summed E-state index contributed by atoms with van der Waals surface area (Å²) in [7, 11) is -3.70. The molecule has 0 aromatic heterocycles. The third-order valence-electron chi connectivity index (χ3n) is 4.35. The Morgan fingerprint density at radius 3 is 1.93 bits per heavy atom. The minimum absolute atomic E-state index is 0.123. The highest BCUT2D eigenvalue weighted by Gasteiger charge is 2.15. The van der Waals surface area contributed by atoms with Gasteiger partial charge in [0.2, 0.25) is 0 Å². The molecule has 3 rings (SSSR count). The number of carbonyl (C=O) groups excluding carboxylic acids is 1. The number of benzene rings is 3. The summed E-state index contributed by atoms with van der Waals surface area (Å²) >= 11 is 0. The standard InChI is InChI=1S/C22H22N2O3S/c1-15-4-7-19(8-5-15)24-28(26,27)20-11-9-18(10-12-20)23-22(25)21-13-6-16(2)14-17(21)3/h4-14,24H,1-3H3,(H,23,25). The highest BCUT2D eigenvalue weighted by atomic mass is 32.2. The molecule has 0 aliphatic rings. The predicted octanol–water partition coefficient (Wildman–Crippen LogP) is 4.66. The van der Waals surface area contributed by atoms with Gasteiger partial charge in [-0.15, -0.1) is 0 Å². The summed E-state index contributed by atoms with van der Waals surface area (Å²) < 4.78 is 27.6. The van der Waals surface area contributed by atoms with Crippen LogP contribution < -0.4 is 10.0 Å². The second-order valence-electron chi connectivity index (χ2n) is 6.77. The van der Waals surface area contributed by atoms with Crippen molar-refractivity contribution in [3.63, 3.8) is 0 Å². The van der Waals surface area contributed by atoms with E-state index < -0.39 is 10.0 Å². The van der Waals surface area contributed by atoms with E-state index in [-0.39, 0.29) is 10.8 Å². The van der Waals surface area contributed by atoms with Crippen molar-refractivity contribution in [2.75, 3.05) is 10.0 Å². The van der Waals surface area contributed by atoms with E-state index in [4.69, 9.17) is 0 Å². The minimum atomic E-state index is -3.70. The number of hydrogen-bond donors (Lipinski definition) is 2. The molecule has 0 heterocycles. The molecule has 2 N–H and O–H groups in total. The van der Waals surface area contributed by atoms with Gasteiger partial charge < -0.3 is 5.32 Å². The largest absolute Gasteiger partial charge is 0.322 e. The van der Waals surface area contributed by atoms with Gasteiger partial charge >= 0.3 is 0 Å². The summed E-state index contributed by atoms with van der Waals surface area (Å²) in [5.41, 5.74) is 4.64. The highest BCUT2D eigenvalue weighted by Crippen LogP contribution is 2.20. The topological polar surface area (TPSA) is 75.3 Å². The van der Waals surface area contributed by atoms with Gasteiger partial charge in [0.05, 0.1) is 4.90 Å². The number of anilines is 2. The second-order valence-corrected chi connectivity index (χ2v) is 8.45. The van der Waals surface area contributed by atoms with Crippen molar-refractivity contribution < 1.29 is 13.2 Å². The first-order chi connectivity index (χ1) is 13.2. The Hall–Kier alpha value is -3.12.